The molecule has 0 saturated carbocycles. The molecule has 0 radical (unpaired) electrons. The van der Waals surface area contributed by atoms with Crippen LogP contribution >= 0.6 is 0 Å². The van der Waals surface area contributed by atoms with Gasteiger partial charge in [-0.3, -0.25) is 9.59 Å². The molecule has 2 N–H and O–H groups in total. The van der Waals surface area contributed by atoms with E-state index in [1.807, 2.05) is 0 Å². The standard InChI is InChI=1S/C21H22FN5O2/c1-14-4-5-17(11-18(14)22)26-21(29)20(28)25-13-15-6-9-27(10-7-15)19-16(12-23)3-2-8-24-19/h2-5,8,11,15H,6-7,9-10,13H2,1H3,(H,25,28)(H,26,29). The second-order valence-electron chi connectivity index (χ2n) is 7.04. The van der Waals surface area contributed by atoms with Crippen molar-refractivity contribution < 1.29 is 14.0 Å². The first kappa shape index (κ1) is 20.3. The fraction of sp³-hybridized carbons (Fsp3) is 0.333. The summed E-state index contributed by atoms with van der Waals surface area (Å²) in [5.74, 6) is -1.10. The molecule has 0 unspecified atom stereocenters. The van der Waals surface area contributed by atoms with Gasteiger partial charge in [-0.2, -0.15) is 5.26 Å². The maximum atomic E-state index is 13.5. The van der Waals surface area contributed by atoms with E-state index < -0.39 is 17.6 Å². The zero-order chi connectivity index (χ0) is 20.8. The van der Waals surface area contributed by atoms with Crippen molar-refractivity contribution in [2.24, 2.45) is 5.92 Å². The highest BCUT2D eigenvalue weighted by atomic mass is 19.1. The normalized spacial score (nSPS) is 14.2. The van der Waals surface area contributed by atoms with E-state index >= 15 is 0 Å². The average Bonchev–Trinajstić information content (AvgIpc) is 2.75. The zero-order valence-electron chi connectivity index (χ0n) is 16.1. The Hall–Kier alpha value is -3.47. The topological polar surface area (TPSA) is 98.1 Å². The van der Waals surface area contributed by atoms with Crippen LogP contribution in [-0.2, 0) is 9.59 Å². The minimum atomic E-state index is -0.821. The lowest BCUT2D eigenvalue weighted by Gasteiger charge is -2.33. The van der Waals surface area contributed by atoms with Gasteiger partial charge in [-0.1, -0.05) is 6.07 Å². The van der Waals surface area contributed by atoms with Crippen molar-refractivity contribution in [1.82, 2.24) is 10.3 Å². The molecule has 2 aromatic rings. The van der Waals surface area contributed by atoms with Crippen molar-refractivity contribution in [3.05, 3.63) is 53.5 Å². The molecule has 1 aromatic heterocycles. The smallest absolute Gasteiger partial charge is 0.313 e. The number of piperidine rings is 1. The summed E-state index contributed by atoms with van der Waals surface area (Å²) in [6.07, 6.45) is 3.29. The largest absolute Gasteiger partial charge is 0.356 e. The Morgan fingerprint density at radius 3 is 2.72 bits per heavy atom. The predicted molar refractivity (Wildman–Crippen MR) is 107 cm³/mol. The van der Waals surface area contributed by atoms with Gasteiger partial charge in [-0.15, -0.1) is 0 Å². The lowest BCUT2D eigenvalue weighted by atomic mass is 9.96. The number of aromatic nitrogens is 1. The van der Waals surface area contributed by atoms with Crippen LogP contribution in [0.25, 0.3) is 0 Å². The van der Waals surface area contributed by atoms with Crippen LogP contribution in [0.3, 0.4) is 0 Å². The highest BCUT2D eigenvalue weighted by Gasteiger charge is 2.23. The van der Waals surface area contributed by atoms with Crippen LogP contribution in [-0.4, -0.2) is 36.4 Å². The van der Waals surface area contributed by atoms with Gasteiger partial charge in [-0.05, 0) is 55.5 Å². The molecule has 1 aliphatic rings. The van der Waals surface area contributed by atoms with E-state index in [4.69, 9.17) is 0 Å². The fourth-order valence-corrected chi connectivity index (χ4v) is 3.26. The predicted octanol–water partition coefficient (Wildman–Crippen LogP) is 2.37. The molecule has 2 heterocycles. The van der Waals surface area contributed by atoms with E-state index in [9.17, 15) is 19.2 Å². The third-order valence-electron chi connectivity index (χ3n) is 5.01. The molecule has 29 heavy (non-hydrogen) atoms. The van der Waals surface area contributed by atoms with Crippen LogP contribution in [0.15, 0.2) is 36.5 Å². The summed E-state index contributed by atoms with van der Waals surface area (Å²) in [5, 5.41) is 14.3. The molecule has 0 atom stereocenters. The molecule has 7 nitrogen and oxygen atoms in total. The van der Waals surface area contributed by atoms with Crippen LogP contribution in [0, 0.1) is 30.0 Å². The van der Waals surface area contributed by atoms with E-state index in [1.165, 1.54) is 12.1 Å². The van der Waals surface area contributed by atoms with Crippen molar-refractivity contribution in [2.75, 3.05) is 29.9 Å². The molecular formula is C21H22FN5O2. The quantitative estimate of drug-likeness (QED) is 0.775. The first-order valence-corrected chi connectivity index (χ1v) is 9.43. The number of anilines is 2. The summed E-state index contributed by atoms with van der Waals surface area (Å²) >= 11 is 0. The van der Waals surface area contributed by atoms with Crippen LogP contribution in [0.4, 0.5) is 15.9 Å². The lowest BCUT2D eigenvalue weighted by Crippen LogP contribution is -2.42. The number of hydrogen-bond donors (Lipinski definition) is 2. The number of hydrogen-bond acceptors (Lipinski definition) is 5. The molecule has 1 saturated heterocycles. The van der Waals surface area contributed by atoms with E-state index in [2.05, 4.69) is 26.6 Å². The minimum Gasteiger partial charge on any atom is -0.356 e. The van der Waals surface area contributed by atoms with Gasteiger partial charge >= 0.3 is 11.8 Å². The number of pyridine rings is 1. The molecule has 1 fully saturated rings. The van der Waals surface area contributed by atoms with Crippen LogP contribution in [0.1, 0.15) is 24.0 Å². The van der Waals surface area contributed by atoms with E-state index in [-0.39, 0.29) is 11.6 Å². The first-order valence-electron chi connectivity index (χ1n) is 9.43. The van der Waals surface area contributed by atoms with Crippen LogP contribution < -0.4 is 15.5 Å². The monoisotopic (exact) mass is 395 g/mol. The summed E-state index contributed by atoms with van der Waals surface area (Å²) in [4.78, 5) is 30.4. The Balaban J connectivity index is 1.46. The zero-order valence-corrected chi connectivity index (χ0v) is 16.1. The first-order chi connectivity index (χ1) is 14.0. The summed E-state index contributed by atoms with van der Waals surface area (Å²) in [7, 11) is 0. The molecule has 0 aliphatic carbocycles. The molecule has 8 heteroatoms. The number of halogens is 1. The molecule has 2 amide bonds. The number of amides is 2. The van der Waals surface area contributed by atoms with Gasteiger partial charge in [0.1, 0.15) is 17.7 Å². The second-order valence-corrected chi connectivity index (χ2v) is 7.04. The number of carbonyl (C=O) groups excluding carboxylic acids is 2. The maximum absolute atomic E-state index is 13.5. The summed E-state index contributed by atoms with van der Waals surface area (Å²) in [6.45, 7) is 3.45. The summed E-state index contributed by atoms with van der Waals surface area (Å²) < 4.78 is 13.5. The molecule has 0 spiro atoms. The molecule has 1 aromatic carbocycles. The van der Waals surface area contributed by atoms with Gasteiger partial charge < -0.3 is 15.5 Å². The number of nitrogens with one attached hydrogen (secondary N) is 2. The van der Waals surface area contributed by atoms with E-state index in [1.54, 1.807) is 31.3 Å². The van der Waals surface area contributed by atoms with Gasteiger partial charge in [0.05, 0.1) is 5.56 Å². The minimum absolute atomic E-state index is 0.231. The van der Waals surface area contributed by atoms with Gasteiger partial charge in [0, 0.05) is 31.5 Å². The third kappa shape index (κ3) is 5.08. The van der Waals surface area contributed by atoms with E-state index in [0.717, 1.165) is 25.9 Å². The van der Waals surface area contributed by atoms with Gasteiger partial charge in [0.2, 0.25) is 0 Å². The molecule has 3 rings (SSSR count). The van der Waals surface area contributed by atoms with Crippen molar-refractivity contribution in [1.29, 1.82) is 5.26 Å². The highest BCUT2D eigenvalue weighted by molar-refractivity contribution is 6.39. The number of aryl methyl sites for hydroxylation is 1. The fourth-order valence-electron chi connectivity index (χ4n) is 3.26. The van der Waals surface area contributed by atoms with Crippen molar-refractivity contribution in [2.45, 2.75) is 19.8 Å². The average molecular weight is 395 g/mol. The molecule has 0 bridgehead atoms. The Morgan fingerprint density at radius 2 is 2.03 bits per heavy atom. The van der Waals surface area contributed by atoms with E-state index in [0.29, 0.717) is 23.5 Å². The Bertz CT molecular complexity index is 948. The van der Waals surface area contributed by atoms with Crippen molar-refractivity contribution >= 4 is 23.3 Å². The Labute approximate surface area is 168 Å². The number of carbonyl (C=O) groups is 2. The SMILES string of the molecule is Cc1ccc(NC(=O)C(=O)NCC2CCN(c3ncccc3C#N)CC2)cc1F. The number of nitriles is 1. The van der Waals surface area contributed by atoms with Crippen LogP contribution in [0.5, 0.6) is 0 Å². The Kier molecular flexibility index (Phi) is 6.39. The highest BCUT2D eigenvalue weighted by Crippen LogP contribution is 2.23. The second kappa shape index (κ2) is 9.15. The van der Waals surface area contributed by atoms with Gasteiger partial charge in [0.15, 0.2) is 0 Å². The third-order valence-corrected chi connectivity index (χ3v) is 5.01. The molecular weight excluding hydrogens is 373 g/mol. The van der Waals surface area contributed by atoms with Crippen molar-refractivity contribution in [3.63, 3.8) is 0 Å². The molecule has 150 valence electrons. The summed E-state index contributed by atoms with van der Waals surface area (Å²) in [6, 6.07) is 9.90. The number of nitrogens with zero attached hydrogens (tertiary/aromatic N) is 3. The van der Waals surface area contributed by atoms with Crippen molar-refractivity contribution in [3.8, 4) is 6.07 Å². The molecule has 1 aliphatic heterocycles. The van der Waals surface area contributed by atoms with Crippen LogP contribution in [0.2, 0.25) is 0 Å². The van der Waals surface area contributed by atoms with Gasteiger partial charge in [0.25, 0.3) is 0 Å². The maximum Gasteiger partial charge on any atom is 0.313 e. The lowest BCUT2D eigenvalue weighted by molar-refractivity contribution is -0.136. The summed E-state index contributed by atoms with van der Waals surface area (Å²) in [5.41, 5.74) is 1.25. The number of benzene rings is 1. The van der Waals surface area contributed by atoms with Gasteiger partial charge in [-0.25, -0.2) is 9.37 Å². The number of rotatable bonds is 4. The Morgan fingerprint density at radius 1 is 1.28 bits per heavy atom.